The van der Waals surface area contributed by atoms with Crippen molar-refractivity contribution in [3.63, 3.8) is 0 Å². The molecule has 0 saturated heterocycles. The van der Waals surface area contributed by atoms with Crippen LogP contribution in [0, 0.1) is 0 Å². The molecule has 20 heavy (non-hydrogen) atoms. The van der Waals surface area contributed by atoms with Gasteiger partial charge in [-0.3, -0.25) is 0 Å². The third kappa shape index (κ3) is 3.89. The van der Waals surface area contributed by atoms with E-state index >= 15 is 0 Å². The number of hydrogen-bond acceptors (Lipinski definition) is 2. The summed E-state index contributed by atoms with van der Waals surface area (Å²) in [4.78, 5) is 0. The molecule has 2 heteroatoms. The zero-order valence-electron chi connectivity index (χ0n) is 12.5. The Hall–Kier alpha value is -1.70. The van der Waals surface area contributed by atoms with E-state index in [0.717, 1.165) is 17.6 Å². The summed E-state index contributed by atoms with van der Waals surface area (Å²) in [7, 11) is 0. The number of nitrogens with one attached hydrogen (secondary N) is 1. The highest BCUT2D eigenvalue weighted by molar-refractivity contribution is 6.00. The van der Waals surface area contributed by atoms with E-state index in [1.807, 2.05) is 12.1 Å². The molecule has 0 saturated carbocycles. The second-order valence-electron chi connectivity index (χ2n) is 5.44. The number of benzene rings is 2. The lowest BCUT2D eigenvalue weighted by atomic mass is 10.1. The summed E-state index contributed by atoms with van der Waals surface area (Å²) in [6.07, 6.45) is 7.98. The van der Waals surface area contributed by atoms with Gasteiger partial charge >= 0.3 is 0 Å². The zero-order chi connectivity index (χ0) is 14.2. The predicted molar refractivity (Wildman–Crippen MR) is 90.2 cm³/mol. The molecule has 2 nitrogen and oxygen atoms in total. The third-order valence-electron chi connectivity index (χ3n) is 3.80. The van der Waals surface area contributed by atoms with E-state index in [9.17, 15) is 0 Å². The molecule has 0 heterocycles. The molecule has 2 aromatic rings. The molecule has 108 valence electrons. The molecule has 0 aliphatic heterocycles. The average Bonchev–Trinajstić information content (AvgIpc) is 2.47. The maximum atomic E-state index is 6.02. The van der Waals surface area contributed by atoms with Crippen molar-refractivity contribution in [2.45, 2.75) is 45.4 Å². The first-order chi connectivity index (χ1) is 9.83. The van der Waals surface area contributed by atoms with Crippen LogP contribution in [0.3, 0.4) is 0 Å². The Morgan fingerprint density at radius 3 is 2.40 bits per heavy atom. The second kappa shape index (κ2) is 7.78. The summed E-state index contributed by atoms with van der Waals surface area (Å²) in [5, 5.41) is 5.91. The maximum Gasteiger partial charge on any atom is 0.0420 e. The summed E-state index contributed by atoms with van der Waals surface area (Å²) in [6.45, 7) is 3.30. The van der Waals surface area contributed by atoms with Gasteiger partial charge in [0.05, 0.1) is 0 Å². The van der Waals surface area contributed by atoms with Gasteiger partial charge in [-0.2, -0.15) is 0 Å². The Morgan fingerprint density at radius 1 is 0.850 bits per heavy atom. The van der Waals surface area contributed by atoms with Crippen molar-refractivity contribution in [3.05, 3.63) is 36.4 Å². The number of rotatable bonds is 8. The van der Waals surface area contributed by atoms with Crippen molar-refractivity contribution < 1.29 is 0 Å². The lowest BCUT2D eigenvalue weighted by Crippen LogP contribution is -2.02. The van der Waals surface area contributed by atoms with Crippen molar-refractivity contribution >= 4 is 22.1 Å². The number of nitrogen functional groups attached to an aromatic ring is 1. The topological polar surface area (TPSA) is 38.0 Å². The van der Waals surface area contributed by atoms with Crippen LogP contribution in [0.25, 0.3) is 10.8 Å². The Morgan fingerprint density at radius 2 is 1.55 bits per heavy atom. The molecule has 0 atom stereocenters. The lowest BCUT2D eigenvalue weighted by Gasteiger charge is -2.11. The minimum Gasteiger partial charge on any atom is -0.398 e. The first-order valence-electron chi connectivity index (χ1n) is 7.84. The summed E-state index contributed by atoms with van der Waals surface area (Å²) in [5.74, 6) is 0. The monoisotopic (exact) mass is 270 g/mol. The quantitative estimate of drug-likeness (QED) is 0.511. The summed E-state index contributed by atoms with van der Waals surface area (Å²) >= 11 is 0. The molecular weight excluding hydrogens is 244 g/mol. The van der Waals surface area contributed by atoms with Crippen LogP contribution in [0.1, 0.15) is 45.4 Å². The molecule has 2 rings (SSSR count). The van der Waals surface area contributed by atoms with E-state index < -0.39 is 0 Å². The van der Waals surface area contributed by atoms with E-state index in [4.69, 9.17) is 5.73 Å². The van der Waals surface area contributed by atoms with Crippen molar-refractivity contribution in [1.29, 1.82) is 0 Å². The molecule has 0 aliphatic rings. The van der Waals surface area contributed by atoms with Gasteiger partial charge in [0.1, 0.15) is 0 Å². The van der Waals surface area contributed by atoms with Crippen LogP contribution in [0.2, 0.25) is 0 Å². The van der Waals surface area contributed by atoms with Crippen LogP contribution in [-0.2, 0) is 0 Å². The molecule has 0 radical (unpaired) electrons. The Balaban J connectivity index is 1.86. The largest absolute Gasteiger partial charge is 0.398 e. The van der Waals surface area contributed by atoms with E-state index in [0.29, 0.717) is 0 Å². The van der Waals surface area contributed by atoms with Gasteiger partial charge in [0.2, 0.25) is 0 Å². The molecule has 2 aromatic carbocycles. The Bertz CT molecular complexity index is 534. The highest BCUT2D eigenvalue weighted by Crippen LogP contribution is 2.27. The smallest absolute Gasteiger partial charge is 0.0420 e. The Labute approximate surface area is 122 Å². The minimum absolute atomic E-state index is 0.853. The standard InChI is InChI=1S/C18H26N2/c1-2-3-4-5-6-7-14-20-18-13-9-10-15-16(18)11-8-12-17(15)19/h8-13,20H,2-7,14,19H2,1H3. The molecule has 0 amide bonds. The van der Waals surface area contributed by atoms with Gasteiger partial charge in [-0.25, -0.2) is 0 Å². The van der Waals surface area contributed by atoms with Gasteiger partial charge in [-0.15, -0.1) is 0 Å². The number of nitrogens with two attached hydrogens (primary N) is 1. The molecule has 0 unspecified atom stereocenters. The highest BCUT2D eigenvalue weighted by atomic mass is 14.9. The molecular formula is C18H26N2. The van der Waals surface area contributed by atoms with Crippen LogP contribution in [0.15, 0.2) is 36.4 Å². The molecule has 0 fully saturated rings. The van der Waals surface area contributed by atoms with Crippen molar-refractivity contribution in [1.82, 2.24) is 0 Å². The van der Waals surface area contributed by atoms with Gasteiger partial charge < -0.3 is 11.1 Å². The van der Waals surface area contributed by atoms with E-state index in [1.165, 1.54) is 49.6 Å². The zero-order valence-corrected chi connectivity index (χ0v) is 12.5. The van der Waals surface area contributed by atoms with Gasteiger partial charge in [-0.05, 0) is 18.6 Å². The number of unbranched alkanes of at least 4 members (excludes halogenated alkanes) is 5. The molecule has 0 aliphatic carbocycles. The number of hydrogen-bond donors (Lipinski definition) is 2. The van der Waals surface area contributed by atoms with E-state index in [-0.39, 0.29) is 0 Å². The van der Waals surface area contributed by atoms with Crippen LogP contribution >= 0.6 is 0 Å². The SMILES string of the molecule is CCCCCCCCNc1cccc2c(N)cccc12. The van der Waals surface area contributed by atoms with Gasteiger partial charge in [0, 0.05) is 28.7 Å². The maximum absolute atomic E-state index is 6.02. The third-order valence-corrected chi connectivity index (χ3v) is 3.80. The van der Waals surface area contributed by atoms with E-state index in [2.05, 4.69) is 36.5 Å². The minimum atomic E-state index is 0.853. The molecule has 3 N–H and O–H groups in total. The molecule has 0 bridgehead atoms. The summed E-state index contributed by atoms with van der Waals surface area (Å²) in [5.41, 5.74) is 8.07. The van der Waals surface area contributed by atoms with E-state index in [1.54, 1.807) is 0 Å². The fraction of sp³-hybridized carbons (Fsp3) is 0.444. The van der Waals surface area contributed by atoms with Crippen molar-refractivity contribution in [3.8, 4) is 0 Å². The van der Waals surface area contributed by atoms with Crippen LogP contribution in [-0.4, -0.2) is 6.54 Å². The average molecular weight is 270 g/mol. The molecule has 0 spiro atoms. The first kappa shape index (κ1) is 14.7. The molecule has 0 aromatic heterocycles. The highest BCUT2D eigenvalue weighted by Gasteiger charge is 2.02. The van der Waals surface area contributed by atoms with Crippen LogP contribution in [0.5, 0.6) is 0 Å². The summed E-state index contributed by atoms with van der Waals surface area (Å²) < 4.78 is 0. The first-order valence-corrected chi connectivity index (χ1v) is 7.84. The van der Waals surface area contributed by atoms with Crippen LogP contribution < -0.4 is 11.1 Å². The van der Waals surface area contributed by atoms with Crippen LogP contribution in [0.4, 0.5) is 11.4 Å². The lowest BCUT2D eigenvalue weighted by molar-refractivity contribution is 0.617. The fourth-order valence-electron chi connectivity index (χ4n) is 2.62. The number of anilines is 2. The Kier molecular flexibility index (Phi) is 5.72. The fourth-order valence-corrected chi connectivity index (χ4v) is 2.62. The van der Waals surface area contributed by atoms with Gasteiger partial charge in [0.15, 0.2) is 0 Å². The summed E-state index contributed by atoms with van der Waals surface area (Å²) in [6, 6.07) is 12.4. The van der Waals surface area contributed by atoms with Crippen molar-refractivity contribution in [2.24, 2.45) is 0 Å². The van der Waals surface area contributed by atoms with Gasteiger partial charge in [-0.1, -0.05) is 63.3 Å². The number of fused-ring (bicyclic) bond motifs is 1. The van der Waals surface area contributed by atoms with Crippen molar-refractivity contribution in [2.75, 3.05) is 17.6 Å². The normalized spacial score (nSPS) is 10.8. The second-order valence-corrected chi connectivity index (χ2v) is 5.44. The predicted octanol–water partition coefficient (Wildman–Crippen LogP) is 5.19. The van der Waals surface area contributed by atoms with Gasteiger partial charge in [0.25, 0.3) is 0 Å².